The molecular weight excluding hydrogens is 408 g/mol. The van der Waals surface area contributed by atoms with Crippen molar-refractivity contribution >= 4 is 38.1 Å². The van der Waals surface area contributed by atoms with Crippen molar-refractivity contribution in [2.45, 2.75) is 25.2 Å². The third kappa shape index (κ3) is 5.63. The number of aromatic nitrogens is 1. The van der Waals surface area contributed by atoms with Crippen molar-refractivity contribution in [2.75, 3.05) is 11.9 Å². The van der Waals surface area contributed by atoms with Gasteiger partial charge in [-0.25, -0.2) is 18.5 Å². The lowest BCUT2D eigenvalue weighted by Gasteiger charge is -2.07. The summed E-state index contributed by atoms with van der Waals surface area (Å²) in [5.74, 6) is -0.254. The maximum Gasteiger partial charge on any atom is 0.270 e. The van der Waals surface area contributed by atoms with Crippen molar-refractivity contribution in [1.82, 2.24) is 10.3 Å². The van der Waals surface area contributed by atoms with E-state index in [0.717, 1.165) is 16.8 Å². The molecule has 1 aromatic heterocycles. The molecule has 29 heavy (non-hydrogen) atoms. The van der Waals surface area contributed by atoms with E-state index in [2.05, 4.69) is 21.7 Å². The number of aryl methyl sites for hydroxylation is 2. The van der Waals surface area contributed by atoms with E-state index in [1.165, 1.54) is 29.0 Å². The molecule has 152 valence electrons. The predicted molar refractivity (Wildman–Crippen MR) is 115 cm³/mol. The topological polar surface area (TPSA) is 114 Å². The molecule has 3 aromatic rings. The molecule has 2 aromatic carbocycles. The Balaban J connectivity index is 1.54. The number of hydrogen-bond donors (Lipinski definition) is 3. The van der Waals surface area contributed by atoms with Crippen LogP contribution in [0.1, 0.15) is 27.2 Å². The van der Waals surface area contributed by atoms with E-state index in [1.807, 2.05) is 26.0 Å². The summed E-state index contributed by atoms with van der Waals surface area (Å²) in [5.41, 5.74) is 4.51. The Bertz CT molecular complexity index is 1120. The molecule has 0 spiro atoms. The molecule has 0 bridgehead atoms. The van der Waals surface area contributed by atoms with Crippen molar-refractivity contribution in [3.63, 3.8) is 0 Å². The van der Waals surface area contributed by atoms with Crippen molar-refractivity contribution in [2.24, 2.45) is 5.14 Å². The quantitative estimate of drug-likeness (QED) is 0.533. The molecule has 0 atom stereocenters. The van der Waals surface area contributed by atoms with E-state index in [4.69, 9.17) is 5.14 Å². The summed E-state index contributed by atoms with van der Waals surface area (Å²) in [6, 6.07) is 12.4. The van der Waals surface area contributed by atoms with Crippen LogP contribution in [0.2, 0.25) is 0 Å². The molecule has 0 unspecified atom stereocenters. The zero-order chi connectivity index (χ0) is 21.0. The Labute approximate surface area is 174 Å². The first-order chi connectivity index (χ1) is 13.7. The highest BCUT2D eigenvalue weighted by atomic mass is 32.2. The molecule has 0 radical (unpaired) electrons. The minimum Gasteiger partial charge on any atom is -0.350 e. The number of benzene rings is 2. The fourth-order valence-corrected chi connectivity index (χ4v) is 3.98. The van der Waals surface area contributed by atoms with Gasteiger partial charge in [0.2, 0.25) is 10.0 Å². The number of carbonyl (C=O) groups is 1. The lowest BCUT2D eigenvalue weighted by atomic mass is 10.1. The molecule has 0 aliphatic heterocycles. The summed E-state index contributed by atoms with van der Waals surface area (Å²) in [4.78, 5) is 16.7. The van der Waals surface area contributed by atoms with Crippen molar-refractivity contribution in [1.29, 1.82) is 0 Å². The lowest BCUT2D eigenvalue weighted by Crippen LogP contribution is -2.26. The average Bonchev–Trinajstić information content (AvgIpc) is 3.12. The van der Waals surface area contributed by atoms with E-state index in [1.54, 1.807) is 17.5 Å². The highest BCUT2D eigenvalue weighted by Crippen LogP contribution is 2.24. The van der Waals surface area contributed by atoms with Gasteiger partial charge in [0.15, 0.2) is 5.13 Å². The number of primary sulfonamides is 1. The number of thiazole rings is 1. The zero-order valence-electron chi connectivity index (χ0n) is 16.1. The molecule has 0 aliphatic carbocycles. The van der Waals surface area contributed by atoms with E-state index < -0.39 is 10.0 Å². The summed E-state index contributed by atoms with van der Waals surface area (Å²) < 4.78 is 22.5. The van der Waals surface area contributed by atoms with Crippen LogP contribution in [0.4, 0.5) is 10.8 Å². The number of hydrogen-bond acceptors (Lipinski definition) is 6. The number of nitrogens with two attached hydrogens (primary N) is 1. The number of rotatable bonds is 7. The molecule has 3 rings (SSSR count). The van der Waals surface area contributed by atoms with Gasteiger partial charge in [0.1, 0.15) is 5.69 Å². The second-order valence-electron chi connectivity index (χ2n) is 6.68. The molecule has 9 heteroatoms. The van der Waals surface area contributed by atoms with Crippen LogP contribution in [0.3, 0.4) is 0 Å². The van der Waals surface area contributed by atoms with Crippen LogP contribution in [0.15, 0.2) is 52.7 Å². The first-order valence-corrected chi connectivity index (χ1v) is 11.3. The summed E-state index contributed by atoms with van der Waals surface area (Å²) in [6.45, 7) is 4.47. The van der Waals surface area contributed by atoms with Crippen LogP contribution in [0.25, 0.3) is 0 Å². The molecule has 0 saturated carbocycles. The van der Waals surface area contributed by atoms with Crippen LogP contribution in [-0.4, -0.2) is 25.9 Å². The van der Waals surface area contributed by atoms with E-state index in [9.17, 15) is 13.2 Å². The molecule has 0 aliphatic rings. The monoisotopic (exact) mass is 430 g/mol. The van der Waals surface area contributed by atoms with Gasteiger partial charge in [-0.3, -0.25) is 4.79 Å². The van der Waals surface area contributed by atoms with E-state index >= 15 is 0 Å². The fraction of sp³-hybridized carbons (Fsp3) is 0.200. The van der Waals surface area contributed by atoms with Gasteiger partial charge in [0, 0.05) is 17.6 Å². The molecule has 4 N–H and O–H groups in total. The lowest BCUT2D eigenvalue weighted by molar-refractivity contribution is 0.0950. The predicted octanol–water partition coefficient (Wildman–Crippen LogP) is 3.12. The number of amides is 1. The second-order valence-corrected chi connectivity index (χ2v) is 9.10. The first kappa shape index (κ1) is 21.0. The molecule has 0 saturated heterocycles. The Morgan fingerprint density at radius 2 is 1.86 bits per heavy atom. The highest BCUT2D eigenvalue weighted by molar-refractivity contribution is 7.89. The van der Waals surface area contributed by atoms with Gasteiger partial charge >= 0.3 is 0 Å². The van der Waals surface area contributed by atoms with Crippen LogP contribution >= 0.6 is 11.3 Å². The number of sulfonamides is 1. The van der Waals surface area contributed by atoms with E-state index in [0.29, 0.717) is 23.8 Å². The minimum absolute atomic E-state index is 0.0663. The van der Waals surface area contributed by atoms with Gasteiger partial charge in [-0.1, -0.05) is 29.8 Å². The number of anilines is 2. The van der Waals surface area contributed by atoms with E-state index in [-0.39, 0.29) is 10.8 Å². The number of carbonyl (C=O) groups excluding carboxylic acids is 1. The van der Waals surface area contributed by atoms with Gasteiger partial charge in [0.05, 0.1) is 4.90 Å². The third-order valence-corrected chi connectivity index (χ3v) is 6.00. The van der Waals surface area contributed by atoms with Gasteiger partial charge in [-0.2, -0.15) is 0 Å². The third-order valence-electron chi connectivity index (χ3n) is 4.31. The van der Waals surface area contributed by atoms with Gasteiger partial charge in [-0.15, -0.1) is 11.3 Å². The van der Waals surface area contributed by atoms with Crippen LogP contribution in [-0.2, 0) is 16.4 Å². The van der Waals surface area contributed by atoms with Crippen LogP contribution in [0, 0.1) is 13.8 Å². The fourth-order valence-electron chi connectivity index (χ4n) is 2.76. The number of nitrogens with one attached hydrogen (secondary N) is 2. The average molecular weight is 431 g/mol. The maximum absolute atomic E-state index is 12.3. The standard InChI is InChI=1S/C20H22N4O3S2/c1-13-3-8-17(14(2)11-13)23-20-24-18(12-28-20)19(25)22-10-9-15-4-6-16(7-5-15)29(21,26)27/h3-8,11-12H,9-10H2,1-2H3,(H,22,25)(H,23,24)(H2,21,26,27). The van der Waals surface area contributed by atoms with Gasteiger partial charge in [0.25, 0.3) is 5.91 Å². The molecular formula is C20H22N4O3S2. The zero-order valence-corrected chi connectivity index (χ0v) is 17.7. The smallest absolute Gasteiger partial charge is 0.270 e. The normalized spacial score (nSPS) is 11.3. The molecule has 1 heterocycles. The second kappa shape index (κ2) is 8.73. The van der Waals surface area contributed by atoms with Crippen molar-refractivity contribution in [3.05, 3.63) is 70.2 Å². The van der Waals surface area contributed by atoms with Crippen LogP contribution < -0.4 is 15.8 Å². The van der Waals surface area contributed by atoms with Crippen molar-refractivity contribution in [3.8, 4) is 0 Å². The van der Waals surface area contributed by atoms with Gasteiger partial charge < -0.3 is 10.6 Å². The Hall–Kier alpha value is -2.75. The van der Waals surface area contributed by atoms with Crippen molar-refractivity contribution < 1.29 is 13.2 Å². The largest absolute Gasteiger partial charge is 0.350 e. The Morgan fingerprint density at radius 1 is 1.14 bits per heavy atom. The minimum atomic E-state index is -3.70. The Morgan fingerprint density at radius 3 is 2.52 bits per heavy atom. The highest BCUT2D eigenvalue weighted by Gasteiger charge is 2.12. The van der Waals surface area contributed by atoms with Gasteiger partial charge in [-0.05, 0) is 49.6 Å². The first-order valence-electron chi connectivity index (χ1n) is 8.92. The Kier molecular flexibility index (Phi) is 6.31. The maximum atomic E-state index is 12.3. The SMILES string of the molecule is Cc1ccc(Nc2nc(C(=O)NCCc3ccc(S(N)(=O)=O)cc3)cs2)c(C)c1. The summed E-state index contributed by atoms with van der Waals surface area (Å²) in [5, 5.41) is 13.5. The number of nitrogens with zero attached hydrogens (tertiary/aromatic N) is 1. The molecule has 1 amide bonds. The van der Waals surface area contributed by atoms with Crippen LogP contribution in [0.5, 0.6) is 0 Å². The summed E-state index contributed by atoms with van der Waals surface area (Å²) >= 11 is 1.37. The molecule has 0 fully saturated rings. The summed E-state index contributed by atoms with van der Waals surface area (Å²) in [6.07, 6.45) is 0.564. The summed E-state index contributed by atoms with van der Waals surface area (Å²) in [7, 11) is -3.70. The molecule has 7 nitrogen and oxygen atoms in total.